The average Bonchev–Trinajstić information content (AvgIpc) is 2.70. The Kier molecular flexibility index (Phi) is 6.22. The van der Waals surface area contributed by atoms with Gasteiger partial charge in [-0.25, -0.2) is 0 Å². The Morgan fingerprint density at radius 2 is 2.18 bits per heavy atom. The van der Waals surface area contributed by atoms with Crippen LogP contribution in [0.2, 0.25) is 0 Å². The van der Waals surface area contributed by atoms with Crippen LogP contribution in [-0.2, 0) is 11.3 Å². The minimum absolute atomic E-state index is 0.231. The lowest BCUT2D eigenvalue weighted by Crippen LogP contribution is -2.25. The van der Waals surface area contributed by atoms with Crippen molar-refractivity contribution in [2.75, 3.05) is 13.6 Å². The third-order valence-corrected chi connectivity index (χ3v) is 3.88. The van der Waals surface area contributed by atoms with E-state index < -0.39 is 0 Å². The van der Waals surface area contributed by atoms with E-state index in [1.165, 1.54) is 10.4 Å². The second-order valence-electron chi connectivity index (χ2n) is 4.38. The molecule has 2 N–H and O–H groups in total. The fourth-order valence-electron chi connectivity index (χ4n) is 1.66. The van der Waals surface area contributed by atoms with Crippen LogP contribution >= 0.6 is 11.3 Å². The van der Waals surface area contributed by atoms with Crippen LogP contribution in [0.3, 0.4) is 0 Å². The van der Waals surface area contributed by atoms with Gasteiger partial charge in [0.25, 0.3) is 0 Å². The summed E-state index contributed by atoms with van der Waals surface area (Å²) in [5.41, 5.74) is 6.69. The van der Waals surface area contributed by atoms with Gasteiger partial charge in [-0.15, -0.1) is 11.3 Å². The molecular formula is C13H22N2OS. The van der Waals surface area contributed by atoms with E-state index in [1.54, 1.807) is 11.3 Å². The maximum atomic E-state index is 11.8. The summed E-state index contributed by atoms with van der Waals surface area (Å²) in [7, 11) is 1.88. The lowest BCUT2D eigenvalue weighted by atomic mass is 10.2. The summed E-state index contributed by atoms with van der Waals surface area (Å²) in [6, 6.07) is 2.10. The molecule has 0 fully saturated rings. The molecule has 1 rings (SSSR count). The highest BCUT2D eigenvalue weighted by Crippen LogP contribution is 2.17. The van der Waals surface area contributed by atoms with E-state index in [2.05, 4.69) is 18.4 Å². The van der Waals surface area contributed by atoms with Crippen LogP contribution in [0.15, 0.2) is 11.4 Å². The van der Waals surface area contributed by atoms with Crippen LogP contribution in [0.1, 0.15) is 36.1 Å². The van der Waals surface area contributed by atoms with Crippen LogP contribution < -0.4 is 5.73 Å². The second-order valence-corrected chi connectivity index (χ2v) is 5.38. The fraction of sp³-hybridized carbons (Fsp3) is 0.615. The fourth-order valence-corrected chi connectivity index (χ4v) is 2.62. The molecule has 0 radical (unpaired) electrons. The van der Waals surface area contributed by atoms with Gasteiger partial charge in [-0.2, -0.15) is 0 Å². The van der Waals surface area contributed by atoms with Gasteiger partial charge in [0.2, 0.25) is 5.91 Å². The molecule has 17 heavy (non-hydrogen) atoms. The van der Waals surface area contributed by atoms with E-state index in [0.717, 1.165) is 32.4 Å². The van der Waals surface area contributed by atoms with Crippen LogP contribution in [0, 0.1) is 6.92 Å². The van der Waals surface area contributed by atoms with Crippen molar-refractivity contribution in [1.82, 2.24) is 4.90 Å². The molecule has 0 aromatic carbocycles. The maximum absolute atomic E-state index is 11.8. The van der Waals surface area contributed by atoms with Gasteiger partial charge in [0, 0.05) is 18.3 Å². The minimum Gasteiger partial charge on any atom is -0.341 e. The predicted molar refractivity (Wildman–Crippen MR) is 73.1 cm³/mol. The first-order valence-corrected chi connectivity index (χ1v) is 7.00. The van der Waals surface area contributed by atoms with Crippen LogP contribution in [0.4, 0.5) is 0 Å². The molecule has 1 amide bonds. The first-order valence-electron chi connectivity index (χ1n) is 6.12. The molecule has 96 valence electrons. The van der Waals surface area contributed by atoms with E-state index in [-0.39, 0.29) is 5.91 Å². The Hall–Kier alpha value is -0.870. The Morgan fingerprint density at radius 1 is 1.41 bits per heavy atom. The summed E-state index contributed by atoms with van der Waals surface area (Å²) in [5.74, 6) is 0.231. The monoisotopic (exact) mass is 254 g/mol. The number of hydrogen-bond donors (Lipinski definition) is 1. The number of nitrogens with two attached hydrogens (primary N) is 1. The number of carbonyl (C=O) groups is 1. The van der Waals surface area contributed by atoms with Gasteiger partial charge < -0.3 is 10.6 Å². The third-order valence-electron chi connectivity index (χ3n) is 2.87. The zero-order valence-corrected chi connectivity index (χ0v) is 11.6. The Morgan fingerprint density at radius 3 is 2.76 bits per heavy atom. The van der Waals surface area contributed by atoms with Crippen molar-refractivity contribution in [3.8, 4) is 0 Å². The summed E-state index contributed by atoms with van der Waals surface area (Å²) in [5, 5.41) is 2.07. The molecule has 0 spiro atoms. The second kappa shape index (κ2) is 7.45. The van der Waals surface area contributed by atoms with Gasteiger partial charge in [0.15, 0.2) is 0 Å². The van der Waals surface area contributed by atoms with E-state index in [1.807, 2.05) is 11.9 Å². The molecule has 1 aromatic rings. The number of nitrogens with zero attached hydrogens (tertiary/aromatic N) is 1. The highest BCUT2D eigenvalue weighted by Gasteiger charge is 2.10. The number of amides is 1. The van der Waals surface area contributed by atoms with Crippen molar-refractivity contribution >= 4 is 17.2 Å². The molecule has 0 aliphatic carbocycles. The van der Waals surface area contributed by atoms with Crippen molar-refractivity contribution in [2.45, 2.75) is 39.2 Å². The molecule has 4 heteroatoms. The molecule has 3 nitrogen and oxygen atoms in total. The topological polar surface area (TPSA) is 46.3 Å². The Balaban J connectivity index is 2.30. The standard InChI is InChI=1S/C13H22N2OS/c1-11-7-9-17-12(11)10-15(2)13(16)6-4-3-5-8-14/h7,9H,3-6,8,10,14H2,1-2H3. The molecular weight excluding hydrogens is 232 g/mol. The largest absolute Gasteiger partial charge is 0.341 e. The van der Waals surface area contributed by atoms with Gasteiger partial charge in [0.1, 0.15) is 0 Å². The van der Waals surface area contributed by atoms with E-state index in [4.69, 9.17) is 5.73 Å². The van der Waals surface area contributed by atoms with Crippen molar-refractivity contribution in [1.29, 1.82) is 0 Å². The number of carbonyl (C=O) groups excluding carboxylic acids is 1. The minimum atomic E-state index is 0.231. The van der Waals surface area contributed by atoms with Gasteiger partial charge in [-0.1, -0.05) is 6.42 Å². The molecule has 0 atom stereocenters. The van der Waals surface area contributed by atoms with Gasteiger partial charge >= 0.3 is 0 Å². The first kappa shape index (κ1) is 14.2. The molecule has 0 aliphatic rings. The SMILES string of the molecule is Cc1ccsc1CN(C)C(=O)CCCCCN. The number of thiophene rings is 1. The smallest absolute Gasteiger partial charge is 0.222 e. The van der Waals surface area contributed by atoms with Crippen molar-refractivity contribution in [3.05, 3.63) is 21.9 Å². The Labute approximate surface area is 108 Å². The van der Waals surface area contributed by atoms with Gasteiger partial charge in [-0.3, -0.25) is 4.79 Å². The number of unbranched alkanes of at least 4 members (excludes halogenated alkanes) is 2. The van der Waals surface area contributed by atoms with E-state index >= 15 is 0 Å². The molecule has 1 heterocycles. The third kappa shape index (κ3) is 4.88. The number of hydrogen-bond acceptors (Lipinski definition) is 3. The zero-order valence-electron chi connectivity index (χ0n) is 10.7. The Bertz CT molecular complexity index is 349. The lowest BCUT2D eigenvalue weighted by Gasteiger charge is -2.16. The summed E-state index contributed by atoms with van der Waals surface area (Å²) in [4.78, 5) is 14.9. The van der Waals surface area contributed by atoms with Crippen LogP contribution in [0.5, 0.6) is 0 Å². The molecule has 0 bridgehead atoms. The van der Waals surface area contributed by atoms with E-state index in [0.29, 0.717) is 6.42 Å². The molecule has 0 saturated heterocycles. The summed E-state index contributed by atoms with van der Waals surface area (Å²) >= 11 is 1.72. The van der Waals surface area contributed by atoms with Gasteiger partial charge in [0.05, 0.1) is 6.54 Å². The lowest BCUT2D eigenvalue weighted by molar-refractivity contribution is -0.130. The number of aryl methyl sites for hydroxylation is 1. The normalized spacial score (nSPS) is 10.5. The zero-order chi connectivity index (χ0) is 12.7. The average molecular weight is 254 g/mol. The molecule has 0 saturated carbocycles. The summed E-state index contributed by atoms with van der Waals surface area (Å²) in [6.45, 7) is 3.54. The van der Waals surface area contributed by atoms with Crippen LogP contribution in [0.25, 0.3) is 0 Å². The molecule has 1 aromatic heterocycles. The molecule has 0 unspecified atom stereocenters. The highest BCUT2D eigenvalue weighted by molar-refractivity contribution is 7.10. The van der Waals surface area contributed by atoms with Crippen LogP contribution in [-0.4, -0.2) is 24.4 Å². The van der Waals surface area contributed by atoms with Crippen molar-refractivity contribution in [3.63, 3.8) is 0 Å². The molecule has 0 aliphatic heterocycles. The van der Waals surface area contributed by atoms with Crippen molar-refractivity contribution in [2.24, 2.45) is 5.73 Å². The highest BCUT2D eigenvalue weighted by atomic mass is 32.1. The summed E-state index contributed by atoms with van der Waals surface area (Å²) in [6.07, 6.45) is 3.65. The van der Waals surface area contributed by atoms with Crippen molar-refractivity contribution < 1.29 is 4.79 Å². The van der Waals surface area contributed by atoms with E-state index in [9.17, 15) is 4.79 Å². The summed E-state index contributed by atoms with van der Waals surface area (Å²) < 4.78 is 0. The first-order chi connectivity index (χ1) is 8.15. The van der Waals surface area contributed by atoms with Gasteiger partial charge in [-0.05, 0) is 43.3 Å². The quantitative estimate of drug-likeness (QED) is 0.760. The predicted octanol–water partition coefficient (Wildman–Crippen LogP) is 2.53. The number of rotatable bonds is 7. The maximum Gasteiger partial charge on any atom is 0.222 e.